The molecule has 7 heteroatoms. The Labute approximate surface area is 184 Å². The fourth-order valence-corrected chi connectivity index (χ4v) is 4.09. The SMILES string of the molecule is COc1cc(C=C2SC(NC(C)=O)=NC2=O)ccc1OCc1cccc2ccccc12. The minimum Gasteiger partial charge on any atom is -0.493 e. The molecule has 2 amide bonds. The Kier molecular flexibility index (Phi) is 6.04. The maximum atomic E-state index is 12.1. The number of thioether (sulfide) groups is 1. The second-order valence-corrected chi connectivity index (χ2v) is 7.88. The van der Waals surface area contributed by atoms with Gasteiger partial charge in [0.05, 0.1) is 12.0 Å². The van der Waals surface area contributed by atoms with Crippen LogP contribution in [0.5, 0.6) is 11.5 Å². The van der Waals surface area contributed by atoms with Gasteiger partial charge in [-0.05, 0) is 51.9 Å². The molecule has 0 spiro atoms. The van der Waals surface area contributed by atoms with Gasteiger partial charge in [-0.2, -0.15) is 4.99 Å². The number of hydrogen-bond acceptors (Lipinski definition) is 5. The summed E-state index contributed by atoms with van der Waals surface area (Å²) in [6, 6.07) is 19.8. The van der Waals surface area contributed by atoms with E-state index >= 15 is 0 Å². The molecule has 0 atom stereocenters. The Morgan fingerprint density at radius 2 is 1.90 bits per heavy atom. The lowest BCUT2D eigenvalue weighted by molar-refractivity contribution is -0.117. The highest BCUT2D eigenvalue weighted by Crippen LogP contribution is 2.33. The van der Waals surface area contributed by atoms with Crippen LogP contribution in [0.1, 0.15) is 18.1 Å². The topological polar surface area (TPSA) is 77.0 Å². The normalized spacial score (nSPS) is 14.6. The summed E-state index contributed by atoms with van der Waals surface area (Å²) < 4.78 is 11.5. The van der Waals surface area contributed by atoms with Crippen LogP contribution in [0.25, 0.3) is 16.8 Å². The van der Waals surface area contributed by atoms with Crippen molar-refractivity contribution in [3.05, 3.63) is 76.7 Å². The first-order valence-electron chi connectivity index (χ1n) is 9.61. The summed E-state index contributed by atoms with van der Waals surface area (Å²) in [6.07, 6.45) is 1.71. The molecule has 0 saturated heterocycles. The summed E-state index contributed by atoms with van der Waals surface area (Å²) in [5, 5.41) is 5.13. The molecule has 31 heavy (non-hydrogen) atoms. The zero-order valence-corrected chi connectivity index (χ0v) is 17.9. The Hall–Kier alpha value is -3.58. The molecule has 1 aliphatic rings. The minimum absolute atomic E-state index is 0.269. The van der Waals surface area contributed by atoms with E-state index in [1.807, 2.05) is 36.4 Å². The van der Waals surface area contributed by atoms with Gasteiger partial charge >= 0.3 is 0 Å². The van der Waals surface area contributed by atoms with Crippen molar-refractivity contribution >= 4 is 45.6 Å². The van der Waals surface area contributed by atoms with Gasteiger partial charge in [0.1, 0.15) is 6.61 Å². The highest BCUT2D eigenvalue weighted by atomic mass is 32.2. The number of fused-ring (bicyclic) bond motifs is 1. The van der Waals surface area contributed by atoms with Gasteiger partial charge in [0, 0.05) is 6.92 Å². The fourth-order valence-electron chi connectivity index (χ4n) is 3.23. The van der Waals surface area contributed by atoms with Crippen LogP contribution < -0.4 is 14.8 Å². The van der Waals surface area contributed by atoms with Crippen molar-refractivity contribution in [3.8, 4) is 11.5 Å². The standard InChI is InChI=1S/C24H20N2O4S/c1-15(27)25-24-26-23(28)22(31-24)13-16-10-11-20(21(12-16)29-2)30-14-18-8-5-7-17-6-3-4-9-19(17)18/h3-13H,14H2,1-2H3,(H,25,26,27,28). The molecular formula is C24H20N2O4S. The van der Waals surface area contributed by atoms with E-state index in [0.717, 1.165) is 33.7 Å². The van der Waals surface area contributed by atoms with E-state index in [-0.39, 0.29) is 17.0 Å². The molecule has 0 saturated carbocycles. The number of rotatable bonds is 5. The van der Waals surface area contributed by atoms with E-state index in [4.69, 9.17) is 9.47 Å². The number of carbonyl (C=O) groups excluding carboxylic acids is 2. The quantitative estimate of drug-likeness (QED) is 0.599. The maximum Gasteiger partial charge on any atom is 0.286 e. The molecule has 0 aromatic heterocycles. The molecule has 0 unspecified atom stereocenters. The Bertz CT molecular complexity index is 1230. The highest BCUT2D eigenvalue weighted by molar-refractivity contribution is 8.18. The van der Waals surface area contributed by atoms with Gasteiger partial charge in [0.15, 0.2) is 16.7 Å². The van der Waals surface area contributed by atoms with E-state index in [9.17, 15) is 9.59 Å². The third-order valence-electron chi connectivity index (χ3n) is 4.65. The summed E-state index contributed by atoms with van der Waals surface area (Å²) >= 11 is 1.13. The van der Waals surface area contributed by atoms with Crippen LogP contribution in [0.3, 0.4) is 0 Å². The van der Waals surface area contributed by atoms with Gasteiger partial charge in [-0.15, -0.1) is 0 Å². The molecule has 0 aliphatic carbocycles. The molecule has 1 aliphatic heterocycles. The van der Waals surface area contributed by atoms with Gasteiger partial charge in [0.25, 0.3) is 5.91 Å². The molecule has 0 fully saturated rings. The third kappa shape index (κ3) is 4.78. The number of methoxy groups -OCH3 is 1. The van der Waals surface area contributed by atoms with E-state index < -0.39 is 0 Å². The molecule has 6 nitrogen and oxygen atoms in total. The van der Waals surface area contributed by atoms with Gasteiger partial charge in [-0.1, -0.05) is 48.5 Å². The van der Waals surface area contributed by atoms with Crippen LogP contribution in [0.15, 0.2) is 70.6 Å². The zero-order chi connectivity index (χ0) is 21.8. The monoisotopic (exact) mass is 432 g/mol. The number of ether oxygens (including phenoxy) is 2. The number of nitrogens with one attached hydrogen (secondary N) is 1. The highest BCUT2D eigenvalue weighted by Gasteiger charge is 2.22. The second kappa shape index (κ2) is 9.06. The van der Waals surface area contributed by atoms with E-state index in [0.29, 0.717) is 23.0 Å². The summed E-state index contributed by atoms with van der Waals surface area (Å²) in [5.41, 5.74) is 1.85. The van der Waals surface area contributed by atoms with Crippen LogP contribution in [0.2, 0.25) is 0 Å². The molecular weight excluding hydrogens is 412 g/mol. The van der Waals surface area contributed by atoms with E-state index in [1.54, 1.807) is 19.3 Å². The van der Waals surface area contributed by atoms with Gasteiger partial charge < -0.3 is 14.8 Å². The Morgan fingerprint density at radius 3 is 2.71 bits per heavy atom. The molecule has 0 radical (unpaired) electrons. The van der Waals surface area contributed by atoms with Gasteiger partial charge in [-0.3, -0.25) is 9.59 Å². The largest absolute Gasteiger partial charge is 0.493 e. The molecule has 0 bridgehead atoms. The second-order valence-electron chi connectivity index (χ2n) is 6.85. The number of amidine groups is 1. The van der Waals surface area contributed by atoms with Gasteiger partial charge in [0.2, 0.25) is 5.91 Å². The zero-order valence-electron chi connectivity index (χ0n) is 17.0. The van der Waals surface area contributed by atoms with Crippen molar-refractivity contribution in [2.45, 2.75) is 13.5 Å². The molecule has 156 valence electrons. The number of nitrogens with zero attached hydrogens (tertiary/aromatic N) is 1. The summed E-state index contributed by atoms with van der Waals surface area (Å²) in [6.45, 7) is 1.78. The van der Waals surface area contributed by atoms with Crippen molar-refractivity contribution in [1.82, 2.24) is 5.32 Å². The summed E-state index contributed by atoms with van der Waals surface area (Å²) in [4.78, 5) is 27.5. The maximum absolute atomic E-state index is 12.1. The molecule has 1 heterocycles. The van der Waals surface area contributed by atoms with Crippen molar-refractivity contribution in [2.24, 2.45) is 4.99 Å². The fraction of sp³-hybridized carbons (Fsp3) is 0.125. The van der Waals surface area contributed by atoms with Crippen molar-refractivity contribution in [1.29, 1.82) is 0 Å². The first kappa shape index (κ1) is 20.7. The van der Waals surface area contributed by atoms with Crippen LogP contribution in [0, 0.1) is 0 Å². The number of amides is 2. The van der Waals surface area contributed by atoms with Crippen molar-refractivity contribution in [2.75, 3.05) is 7.11 Å². The summed E-state index contributed by atoms with van der Waals surface area (Å²) in [5.74, 6) is 0.518. The van der Waals surface area contributed by atoms with Crippen LogP contribution in [0.4, 0.5) is 0 Å². The molecule has 3 aromatic carbocycles. The average Bonchev–Trinajstić information content (AvgIpc) is 3.10. The predicted octanol–water partition coefficient (Wildman–Crippen LogP) is 4.53. The lowest BCUT2D eigenvalue weighted by Gasteiger charge is -2.13. The molecule has 3 aromatic rings. The lowest BCUT2D eigenvalue weighted by atomic mass is 10.1. The van der Waals surface area contributed by atoms with Crippen LogP contribution >= 0.6 is 11.8 Å². The van der Waals surface area contributed by atoms with Crippen molar-refractivity contribution < 1.29 is 19.1 Å². The number of carbonyl (C=O) groups is 2. The molecule has 1 N–H and O–H groups in total. The van der Waals surface area contributed by atoms with Gasteiger partial charge in [-0.25, -0.2) is 0 Å². The van der Waals surface area contributed by atoms with Crippen molar-refractivity contribution in [3.63, 3.8) is 0 Å². The molecule has 4 rings (SSSR count). The third-order valence-corrected chi connectivity index (χ3v) is 5.55. The smallest absolute Gasteiger partial charge is 0.286 e. The lowest BCUT2D eigenvalue weighted by Crippen LogP contribution is -2.23. The number of aliphatic imine (C=N–C) groups is 1. The number of hydrogen-bond donors (Lipinski definition) is 1. The average molecular weight is 433 g/mol. The predicted molar refractivity (Wildman–Crippen MR) is 123 cm³/mol. The Balaban J connectivity index is 1.51. The first-order chi connectivity index (χ1) is 15.0. The minimum atomic E-state index is -0.385. The van der Waals surface area contributed by atoms with Crippen LogP contribution in [-0.2, 0) is 16.2 Å². The summed E-state index contributed by atoms with van der Waals surface area (Å²) in [7, 11) is 1.57. The first-order valence-corrected chi connectivity index (χ1v) is 10.4. The van der Waals surface area contributed by atoms with Crippen LogP contribution in [-0.4, -0.2) is 24.1 Å². The van der Waals surface area contributed by atoms with E-state index in [1.165, 1.54) is 6.92 Å². The number of benzene rings is 3. The van der Waals surface area contributed by atoms with E-state index in [2.05, 4.69) is 28.5 Å². The Morgan fingerprint density at radius 1 is 1.10 bits per heavy atom.